The summed E-state index contributed by atoms with van der Waals surface area (Å²) in [7, 11) is 3.62. The Balaban J connectivity index is 2.28. The molecule has 2 rings (SSSR count). The lowest BCUT2D eigenvalue weighted by Crippen LogP contribution is -2.26. The first-order valence-electron chi connectivity index (χ1n) is 7.07. The molecule has 1 heterocycles. The zero-order valence-electron chi connectivity index (χ0n) is 12.6. The molecule has 1 N–H and O–H groups in total. The van der Waals surface area contributed by atoms with Gasteiger partial charge in [-0.1, -0.05) is 30.3 Å². The molecule has 0 spiro atoms. The summed E-state index contributed by atoms with van der Waals surface area (Å²) >= 11 is 3.49. The van der Waals surface area contributed by atoms with E-state index in [4.69, 9.17) is 4.74 Å². The number of hydrogen-bond acceptors (Lipinski definition) is 4. The van der Waals surface area contributed by atoms with Gasteiger partial charge in [0.25, 0.3) is 0 Å². The highest BCUT2D eigenvalue weighted by atomic mass is 79.9. The van der Waals surface area contributed by atoms with Gasteiger partial charge in [-0.25, -0.2) is 4.68 Å². The van der Waals surface area contributed by atoms with Crippen LogP contribution in [-0.2, 0) is 13.5 Å². The van der Waals surface area contributed by atoms with Crippen molar-refractivity contribution in [2.24, 2.45) is 7.05 Å². The lowest BCUT2D eigenvalue weighted by molar-refractivity contribution is 0.403. The molecule has 1 aromatic heterocycles. The van der Waals surface area contributed by atoms with Crippen molar-refractivity contribution >= 4 is 15.9 Å². The van der Waals surface area contributed by atoms with E-state index in [9.17, 15) is 0 Å². The minimum Gasteiger partial charge on any atom is -0.496 e. The molecule has 0 aliphatic heterocycles. The largest absolute Gasteiger partial charge is 0.496 e. The van der Waals surface area contributed by atoms with Crippen molar-refractivity contribution in [3.8, 4) is 5.75 Å². The Morgan fingerprint density at radius 3 is 2.76 bits per heavy atom. The normalized spacial score (nSPS) is 12.4. The van der Waals surface area contributed by atoms with Gasteiger partial charge in [0.05, 0.1) is 18.8 Å². The Morgan fingerprint density at radius 2 is 2.14 bits per heavy atom. The second-order valence-electron chi connectivity index (χ2n) is 4.91. The summed E-state index contributed by atoms with van der Waals surface area (Å²) in [5.74, 6) is 0.909. The van der Waals surface area contributed by atoms with Crippen LogP contribution in [0, 0.1) is 0 Å². The van der Waals surface area contributed by atoms with E-state index in [-0.39, 0.29) is 6.04 Å². The molecule has 0 saturated carbocycles. The van der Waals surface area contributed by atoms with E-state index in [2.05, 4.69) is 44.5 Å². The Kier molecular flexibility index (Phi) is 5.76. The highest BCUT2D eigenvalue weighted by molar-refractivity contribution is 9.10. The number of methoxy groups -OCH3 is 1. The van der Waals surface area contributed by atoms with Crippen LogP contribution in [-0.4, -0.2) is 28.6 Å². The lowest BCUT2D eigenvalue weighted by Gasteiger charge is -2.20. The molecule has 0 amide bonds. The van der Waals surface area contributed by atoms with Crippen LogP contribution in [0.4, 0.5) is 0 Å². The van der Waals surface area contributed by atoms with Crippen LogP contribution >= 0.6 is 15.9 Å². The topological polar surface area (TPSA) is 52.0 Å². The number of nitrogens with one attached hydrogen (secondary N) is 1. The number of rotatable bonds is 7. The molecule has 0 aliphatic carbocycles. The summed E-state index contributed by atoms with van der Waals surface area (Å²) in [6, 6.07) is 8.24. The third-order valence-corrected chi connectivity index (χ3v) is 3.98. The average molecular weight is 353 g/mol. The van der Waals surface area contributed by atoms with E-state index < -0.39 is 0 Å². The number of benzene rings is 1. The van der Waals surface area contributed by atoms with Crippen molar-refractivity contribution in [2.75, 3.05) is 13.7 Å². The van der Waals surface area contributed by atoms with Crippen molar-refractivity contribution in [1.29, 1.82) is 0 Å². The fraction of sp³-hybridized carbons (Fsp3) is 0.467. The molecule has 0 radical (unpaired) electrons. The Bertz CT molecular complexity index is 565. The van der Waals surface area contributed by atoms with E-state index in [1.807, 2.05) is 29.9 Å². The van der Waals surface area contributed by atoms with E-state index in [1.165, 1.54) is 5.56 Å². The summed E-state index contributed by atoms with van der Waals surface area (Å²) in [5, 5.41) is 11.7. The zero-order chi connectivity index (χ0) is 15.2. The minimum atomic E-state index is 0.135. The van der Waals surface area contributed by atoms with Crippen molar-refractivity contribution in [1.82, 2.24) is 20.3 Å². The predicted molar refractivity (Wildman–Crippen MR) is 86.4 cm³/mol. The molecule has 0 fully saturated rings. The van der Waals surface area contributed by atoms with Crippen molar-refractivity contribution < 1.29 is 4.74 Å². The molecule has 0 bridgehead atoms. The van der Waals surface area contributed by atoms with Gasteiger partial charge in [-0.2, -0.15) is 0 Å². The third-order valence-electron chi connectivity index (χ3n) is 3.41. The van der Waals surface area contributed by atoms with Gasteiger partial charge in [-0.3, -0.25) is 0 Å². The van der Waals surface area contributed by atoms with Crippen LogP contribution in [0.1, 0.15) is 30.6 Å². The van der Waals surface area contributed by atoms with E-state index in [0.717, 1.165) is 35.4 Å². The number of aromatic nitrogens is 3. The molecule has 0 saturated heterocycles. The SMILES string of the molecule is CCCNC(Cc1ccccc1OC)c1c(Br)nnn1C. The van der Waals surface area contributed by atoms with Gasteiger partial charge >= 0.3 is 0 Å². The zero-order valence-corrected chi connectivity index (χ0v) is 14.2. The lowest BCUT2D eigenvalue weighted by atomic mass is 10.0. The maximum Gasteiger partial charge on any atom is 0.153 e. The number of halogens is 1. The fourth-order valence-electron chi connectivity index (χ4n) is 2.38. The molecule has 0 aliphatic rings. The van der Waals surface area contributed by atoms with Gasteiger partial charge in [-0.05, 0) is 46.9 Å². The summed E-state index contributed by atoms with van der Waals surface area (Å²) < 4.78 is 8.05. The summed E-state index contributed by atoms with van der Waals surface area (Å²) in [6.45, 7) is 3.10. The van der Waals surface area contributed by atoms with Crippen LogP contribution in [0.5, 0.6) is 5.75 Å². The molecular formula is C15H21BrN4O. The molecule has 5 nitrogen and oxygen atoms in total. The van der Waals surface area contributed by atoms with Gasteiger partial charge in [0, 0.05) is 7.05 Å². The number of para-hydroxylation sites is 1. The predicted octanol–water partition coefficient (Wildman–Crippen LogP) is 2.87. The summed E-state index contributed by atoms with van der Waals surface area (Å²) in [4.78, 5) is 0. The van der Waals surface area contributed by atoms with E-state index in [0.29, 0.717) is 0 Å². The molecule has 114 valence electrons. The molecule has 1 atom stereocenters. The number of hydrogen-bond donors (Lipinski definition) is 1. The second-order valence-corrected chi connectivity index (χ2v) is 5.66. The van der Waals surface area contributed by atoms with Gasteiger partial charge in [0.15, 0.2) is 4.60 Å². The molecule has 2 aromatic rings. The Labute approximate surface area is 133 Å². The molecular weight excluding hydrogens is 332 g/mol. The van der Waals surface area contributed by atoms with Crippen molar-refractivity contribution in [2.45, 2.75) is 25.8 Å². The highest BCUT2D eigenvalue weighted by Crippen LogP contribution is 2.27. The van der Waals surface area contributed by atoms with Crippen LogP contribution in [0.25, 0.3) is 0 Å². The van der Waals surface area contributed by atoms with Crippen LogP contribution in [0.3, 0.4) is 0 Å². The standard InChI is InChI=1S/C15H21BrN4O/c1-4-9-17-12(14-15(16)18-19-20(14)2)10-11-7-5-6-8-13(11)21-3/h5-8,12,17H,4,9-10H2,1-3H3. The minimum absolute atomic E-state index is 0.135. The first-order valence-corrected chi connectivity index (χ1v) is 7.87. The molecule has 21 heavy (non-hydrogen) atoms. The molecule has 6 heteroatoms. The highest BCUT2D eigenvalue weighted by Gasteiger charge is 2.21. The van der Waals surface area contributed by atoms with E-state index in [1.54, 1.807) is 7.11 Å². The van der Waals surface area contributed by atoms with Crippen LogP contribution < -0.4 is 10.1 Å². The summed E-state index contributed by atoms with van der Waals surface area (Å²) in [5.41, 5.74) is 2.22. The maximum absolute atomic E-state index is 5.45. The van der Waals surface area contributed by atoms with E-state index >= 15 is 0 Å². The monoisotopic (exact) mass is 352 g/mol. The van der Waals surface area contributed by atoms with Gasteiger partial charge in [-0.15, -0.1) is 5.10 Å². The third kappa shape index (κ3) is 3.83. The quantitative estimate of drug-likeness (QED) is 0.832. The first-order chi connectivity index (χ1) is 10.2. The van der Waals surface area contributed by atoms with Crippen molar-refractivity contribution in [3.05, 3.63) is 40.1 Å². The summed E-state index contributed by atoms with van der Waals surface area (Å²) in [6.07, 6.45) is 1.90. The number of nitrogens with zero attached hydrogens (tertiary/aromatic N) is 3. The smallest absolute Gasteiger partial charge is 0.153 e. The fourth-order valence-corrected chi connectivity index (χ4v) is 2.99. The number of aryl methyl sites for hydroxylation is 1. The molecule has 1 unspecified atom stereocenters. The van der Waals surface area contributed by atoms with Crippen molar-refractivity contribution in [3.63, 3.8) is 0 Å². The second kappa shape index (κ2) is 7.56. The van der Waals surface area contributed by atoms with Crippen LogP contribution in [0.15, 0.2) is 28.9 Å². The molecule has 1 aromatic carbocycles. The Morgan fingerprint density at radius 1 is 1.38 bits per heavy atom. The average Bonchev–Trinajstić information content (AvgIpc) is 2.83. The van der Waals surface area contributed by atoms with Gasteiger partial charge < -0.3 is 10.1 Å². The van der Waals surface area contributed by atoms with Gasteiger partial charge in [0.2, 0.25) is 0 Å². The Hall–Kier alpha value is -1.40. The first kappa shape index (κ1) is 16.0. The van der Waals surface area contributed by atoms with Gasteiger partial charge in [0.1, 0.15) is 5.75 Å². The van der Waals surface area contributed by atoms with Crippen LogP contribution in [0.2, 0.25) is 0 Å². The maximum atomic E-state index is 5.45. The number of ether oxygens (including phenoxy) is 1.